The maximum atomic E-state index is 13.1. The first-order valence-electron chi connectivity index (χ1n) is 11.3. The molecule has 36 heavy (non-hydrogen) atoms. The molecule has 0 radical (unpaired) electrons. The summed E-state index contributed by atoms with van der Waals surface area (Å²) in [5, 5.41) is 6.80. The van der Waals surface area contributed by atoms with E-state index < -0.39 is 15.9 Å². The normalized spacial score (nSPS) is 18.7. The molecule has 12 heteroatoms. The summed E-state index contributed by atoms with van der Waals surface area (Å²) in [5.41, 5.74) is 0.943. The van der Waals surface area contributed by atoms with E-state index in [0.29, 0.717) is 10.7 Å². The topological polar surface area (TPSA) is 114 Å². The van der Waals surface area contributed by atoms with E-state index in [2.05, 4.69) is 33.3 Å². The second kappa shape index (κ2) is 10.8. The Morgan fingerprint density at radius 3 is 2.39 bits per heavy atom. The highest BCUT2D eigenvalue weighted by molar-refractivity contribution is 7.97. The molecule has 9 nitrogen and oxygen atoms in total. The Morgan fingerprint density at radius 1 is 1.11 bits per heavy atom. The Kier molecular flexibility index (Phi) is 7.96. The molecule has 0 aliphatic carbocycles. The van der Waals surface area contributed by atoms with Crippen LogP contribution in [0.1, 0.15) is 35.7 Å². The molecule has 0 saturated carbocycles. The van der Waals surface area contributed by atoms with E-state index in [0.717, 1.165) is 18.0 Å². The van der Waals surface area contributed by atoms with Crippen molar-refractivity contribution in [3.8, 4) is 0 Å². The molecule has 1 saturated heterocycles. The zero-order valence-electron chi connectivity index (χ0n) is 20.2. The lowest BCUT2D eigenvalue weighted by molar-refractivity contribution is -0.0414. The van der Waals surface area contributed by atoms with Crippen molar-refractivity contribution in [3.05, 3.63) is 64.5 Å². The van der Waals surface area contributed by atoms with Gasteiger partial charge in [0, 0.05) is 28.7 Å². The number of aryl methyl sites for hydroxylation is 2. The fourth-order valence-corrected chi connectivity index (χ4v) is 6.71. The fourth-order valence-electron chi connectivity index (χ4n) is 4.00. The van der Waals surface area contributed by atoms with Crippen molar-refractivity contribution < 1.29 is 22.5 Å². The number of anilines is 2. The molecular formula is C24H27ClN4O5S2. The van der Waals surface area contributed by atoms with Gasteiger partial charge in [0.25, 0.3) is 15.9 Å². The smallest absolute Gasteiger partial charge is 0.267 e. The van der Waals surface area contributed by atoms with Crippen LogP contribution in [0.5, 0.6) is 0 Å². The Hall–Kier alpha value is -2.57. The van der Waals surface area contributed by atoms with Crippen molar-refractivity contribution in [3.63, 3.8) is 0 Å². The summed E-state index contributed by atoms with van der Waals surface area (Å²) < 4.78 is 41.4. The second-order valence-electron chi connectivity index (χ2n) is 8.62. The first-order chi connectivity index (χ1) is 17.0. The average molecular weight is 551 g/mol. The monoisotopic (exact) mass is 550 g/mol. The predicted octanol–water partition coefficient (Wildman–Crippen LogP) is 5.11. The number of hydrogen-bond acceptors (Lipinski definition) is 8. The summed E-state index contributed by atoms with van der Waals surface area (Å²) in [5.74, 6) is -0.357. The fraction of sp³-hybridized carbons (Fsp3) is 0.333. The zero-order valence-corrected chi connectivity index (χ0v) is 22.6. The van der Waals surface area contributed by atoms with Crippen LogP contribution in [0, 0.1) is 13.8 Å². The number of amides is 1. The third kappa shape index (κ3) is 6.22. The lowest BCUT2D eigenvalue weighted by Crippen LogP contribution is -2.41. The molecule has 4 rings (SSSR count). The van der Waals surface area contributed by atoms with E-state index in [1.54, 1.807) is 24.1 Å². The number of carbonyl (C=O) groups excluding carboxylic acids is 1. The number of ether oxygens (including phenoxy) is 1. The van der Waals surface area contributed by atoms with Gasteiger partial charge in [-0.3, -0.25) is 9.52 Å². The number of rotatable bonds is 7. The molecule has 1 fully saturated rings. The minimum Gasteiger partial charge on any atom is -0.373 e. The molecule has 1 aliphatic heterocycles. The van der Waals surface area contributed by atoms with Gasteiger partial charge in [-0.25, -0.2) is 12.7 Å². The Labute approximate surface area is 219 Å². The molecule has 0 spiro atoms. The van der Waals surface area contributed by atoms with E-state index in [9.17, 15) is 13.2 Å². The molecule has 2 N–H and O–H groups in total. The molecule has 3 aromatic rings. The summed E-state index contributed by atoms with van der Waals surface area (Å²) in [7, 11) is -4.05. The SMILES string of the molecule is Cc1noc(C)c1S(=O)(=O)Nc1ccc(Cl)cc1C(=O)Nc1ccc(SN2CC(C)OC(C)C2)cc1. The van der Waals surface area contributed by atoms with Crippen LogP contribution in [0.15, 0.2) is 56.8 Å². The van der Waals surface area contributed by atoms with E-state index in [1.165, 1.54) is 32.0 Å². The number of benzene rings is 2. The van der Waals surface area contributed by atoms with Crippen molar-refractivity contribution in [2.45, 2.75) is 49.7 Å². The van der Waals surface area contributed by atoms with Gasteiger partial charge in [0.05, 0.1) is 23.5 Å². The maximum absolute atomic E-state index is 13.1. The molecule has 2 atom stereocenters. The highest BCUT2D eigenvalue weighted by Gasteiger charge is 2.26. The number of nitrogens with one attached hydrogen (secondary N) is 2. The van der Waals surface area contributed by atoms with Crippen molar-refractivity contribution in [1.29, 1.82) is 0 Å². The standard InChI is InChI=1S/C24H27ClN4O5S2/c1-14-12-29(13-15(2)33-14)35-20-8-6-19(7-9-20)26-24(30)21-11-18(25)5-10-22(21)28-36(31,32)23-16(3)27-34-17(23)4/h5-11,14-15,28H,12-13H2,1-4H3,(H,26,30). The first-order valence-corrected chi connectivity index (χ1v) is 13.9. The molecule has 1 amide bonds. The minimum atomic E-state index is -4.05. The maximum Gasteiger partial charge on any atom is 0.267 e. The van der Waals surface area contributed by atoms with Crippen LogP contribution < -0.4 is 10.0 Å². The molecule has 2 heterocycles. The van der Waals surface area contributed by atoms with Gasteiger partial charge < -0.3 is 14.6 Å². The van der Waals surface area contributed by atoms with Gasteiger partial charge in [0.15, 0.2) is 10.7 Å². The van der Waals surface area contributed by atoms with Gasteiger partial charge in [-0.2, -0.15) is 0 Å². The lowest BCUT2D eigenvalue weighted by Gasteiger charge is -2.34. The molecule has 1 aromatic heterocycles. The van der Waals surface area contributed by atoms with Gasteiger partial charge in [0.1, 0.15) is 5.69 Å². The number of aromatic nitrogens is 1. The number of morpholine rings is 1. The van der Waals surface area contributed by atoms with E-state index in [1.807, 2.05) is 12.1 Å². The number of sulfonamides is 1. The third-order valence-electron chi connectivity index (χ3n) is 5.44. The van der Waals surface area contributed by atoms with Crippen molar-refractivity contribution >= 4 is 50.9 Å². The number of nitrogens with zero attached hydrogens (tertiary/aromatic N) is 2. The van der Waals surface area contributed by atoms with E-state index in [4.69, 9.17) is 20.9 Å². The number of hydrogen-bond donors (Lipinski definition) is 2. The van der Waals surface area contributed by atoms with Crippen molar-refractivity contribution in [1.82, 2.24) is 9.46 Å². The van der Waals surface area contributed by atoms with Crippen molar-refractivity contribution in [2.75, 3.05) is 23.1 Å². The Morgan fingerprint density at radius 2 is 1.78 bits per heavy atom. The summed E-state index contributed by atoms with van der Waals surface area (Å²) >= 11 is 7.76. The minimum absolute atomic E-state index is 0.0686. The van der Waals surface area contributed by atoms with Crippen LogP contribution >= 0.6 is 23.5 Å². The molecule has 192 valence electrons. The zero-order chi connectivity index (χ0) is 26.0. The van der Waals surface area contributed by atoms with Crippen LogP contribution in [0.4, 0.5) is 11.4 Å². The van der Waals surface area contributed by atoms with E-state index in [-0.39, 0.29) is 39.8 Å². The van der Waals surface area contributed by atoms with Crippen LogP contribution in [0.2, 0.25) is 5.02 Å². The predicted molar refractivity (Wildman–Crippen MR) is 140 cm³/mol. The van der Waals surface area contributed by atoms with Crippen LogP contribution in [0.25, 0.3) is 0 Å². The number of halogens is 1. The summed E-state index contributed by atoms with van der Waals surface area (Å²) in [4.78, 5) is 14.1. The Balaban J connectivity index is 1.49. The summed E-state index contributed by atoms with van der Waals surface area (Å²) in [6.45, 7) is 8.81. The highest BCUT2D eigenvalue weighted by Crippen LogP contribution is 2.29. The Bertz CT molecular complexity index is 1330. The van der Waals surface area contributed by atoms with Crippen LogP contribution in [-0.2, 0) is 14.8 Å². The van der Waals surface area contributed by atoms with Crippen LogP contribution in [0.3, 0.4) is 0 Å². The molecular weight excluding hydrogens is 524 g/mol. The quantitative estimate of drug-likeness (QED) is 0.390. The molecule has 0 bridgehead atoms. The van der Waals surface area contributed by atoms with Gasteiger partial charge in [0.2, 0.25) is 0 Å². The van der Waals surface area contributed by atoms with Gasteiger partial charge in [-0.05, 0) is 82.1 Å². The van der Waals surface area contributed by atoms with Gasteiger partial charge in [-0.15, -0.1) is 0 Å². The van der Waals surface area contributed by atoms with Gasteiger partial charge in [-0.1, -0.05) is 16.8 Å². The third-order valence-corrected chi connectivity index (χ3v) is 8.32. The number of carbonyl (C=O) groups is 1. The first kappa shape index (κ1) is 26.5. The van der Waals surface area contributed by atoms with Crippen molar-refractivity contribution in [2.24, 2.45) is 0 Å². The molecule has 2 aromatic carbocycles. The second-order valence-corrected chi connectivity index (χ2v) is 11.8. The lowest BCUT2D eigenvalue weighted by atomic mass is 10.1. The average Bonchev–Trinajstić information content (AvgIpc) is 3.14. The molecule has 2 unspecified atom stereocenters. The van der Waals surface area contributed by atoms with E-state index >= 15 is 0 Å². The largest absolute Gasteiger partial charge is 0.373 e. The van der Waals surface area contributed by atoms with Crippen LogP contribution in [-0.4, -0.2) is 49.1 Å². The highest BCUT2D eigenvalue weighted by atomic mass is 35.5. The molecule has 1 aliphatic rings. The summed E-state index contributed by atoms with van der Waals surface area (Å²) in [6.07, 6.45) is 0.337. The summed E-state index contributed by atoms with van der Waals surface area (Å²) in [6, 6.07) is 11.8. The van der Waals surface area contributed by atoms with Gasteiger partial charge >= 0.3 is 0 Å².